The predicted molar refractivity (Wildman–Crippen MR) is 180 cm³/mol. The van der Waals surface area contributed by atoms with E-state index in [9.17, 15) is 14.0 Å². The summed E-state index contributed by atoms with van der Waals surface area (Å²) in [7, 11) is 2.10. The first-order valence-corrected chi connectivity index (χ1v) is 17.7. The summed E-state index contributed by atoms with van der Waals surface area (Å²) >= 11 is 13.5. The molecule has 0 bridgehead atoms. The summed E-state index contributed by atoms with van der Waals surface area (Å²) in [5.41, 5.74) is 1.19. The molecule has 13 heteroatoms. The second-order valence-electron chi connectivity index (χ2n) is 13.8. The third kappa shape index (κ3) is 5.36. The van der Waals surface area contributed by atoms with E-state index in [1.807, 2.05) is 36.6 Å². The molecule has 7 rings (SSSR count). The van der Waals surface area contributed by atoms with Crippen molar-refractivity contribution in [2.45, 2.75) is 75.7 Å². The Morgan fingerprint density at radius 2 is 1.89 bits per heavy atom. The highest BCUT2D eigenvalue weighted by Gasteiger charge is 2.56. The zero-order valence-corrected chi connectivity index (χ0v) is 29.2. The second kappa shape index (κ2) is 12.0. The number of likely N-dealkylation sites (tertiary alicyclic amines) is 1. The number of hydrogen-bond donors (Lipinski definition) is 0. The topological polar surface area (TPSA) is 72.4 Å². The molecule has 1 saturated carbocycles. The summed E-state index contributed by atoms with van der Waals surface area (Å²) < 4.78 is 29.6. The molecule has 0 N–H and O–H groups in total. The first-order chi connectivity index (χ1) is 22.4. The van der Waals surface area contributed by atoms with E-state index < -0.39 is 36.2 Å². The minimum Gasteiger partial charge on any atom is -0.338 e. The molecule has 2 aromatic rings. The number of amidine groups is 1. The number of carbonyl (C=O) groups is 2. The summed E-state index contributed by atoms with van der Waals surface area (Å²) in [5.74, 6) is -1.18. The number of nitrogens with zero attached hydrogens (tertiary/aromatic N) is 6. The SMILES string of the molecule is CC(C)C1=C(C(=O)N2[C@H](CF)CC[C@H]2C(=O)N2CCN(C)C3(CC3)C2)SC2=N[C@@](C)(c3ccc(Cl)nc3)[C@@H](c3ccc(Cl)c(F)c3)N21. The highest BCUT2D eigenvalue weighted by molar-refractivity contribution is 8.18. The lowest BCUT2D eigenvalue weighted by Crippen LogP contribution is -2.59. The van der Waals surface area contributed by atoms with Crippen LogP contribution in [0.5, 0.6) is 0 Å². The van der Waals surface area contributed by atoms with Gasteiger partial charge in [0.15, 0.2) is 5.17 Å². The molecule has 0 radical (unpaired) electrons. The van der Waals surface area contributed by atoms with E-state index in [0.29, 0.717) is 52.4 Å². The van der Waals surface area contributed by atoms with Gasteiger partial charge in [-0.2, -0.15) is 0 Å². The third-order valence-electron chi connectivity index (χ3n) is 10.7. The smallest absolute Gasteiger partial charge is 0.263 e. The number of alkyl halides is 1. The van der Waals surface area contributed by atoms with E-state index >= 15 is 4.39 Å². The minimum absolute atomic E-state index is 0.00371. The van der Waals surface area contributed by atoms with Crippen LogP contribution in [0.15, 0.2) is 52.1 Å². The third-order valence-corrected chi connectivity index (χ3v) is 12.3. The molecular weight excluding hydrogens is 665 g/mol. The van der Waals surface area contributed by atoms with Crippen molar-refractivity contribution in [3.8, 4) is 0 Å². The summed E-state index contributed by atoms with van der Waals surface area (Å²) in [6.07, 6.45) is 4.62. The summed E-state index contributed by atoms with van der Waals surface area (Å²) in [4.78, 5) is 46.4. The van der Waals surface area contributed by atoms with E-state index in [2.05, 4.69) is 16.9 Å². The van der Waals surface area contributed by atoms with Crippen LogP contribution < -0.4 is 0 Å². The van der Waals surface area contributed by atoms with Gasteiger partial charge in [-0.05, 0) is 81.1 Å². The molecule has 1 aliphatic carbocycles. The van der Waals surface area contributed by atoms with Gasteiger partial charge in [-0.3, -0.25) is 14.5 Å². The summed E-state index contributed by atoms with van der Waals surface area (Å²) in [5, 5.41) is 0.913. The largest absolute Gasteiger partial charge is 0.338 e. The second-order valence-corrected chi connectivity index (χ2v) is 15.6. The number of rotatable bonds is 6. The van der Waals surface area contributed by atoms with E-state index in [0.717, 1.165) is 24.9 Å². The van der Waals surface area contributed by atoms with E-state index in [1.54, 1.807) is 18.3 Å². The van der Waals surface area contributed by atoms with Gasteiger partial charge in [-0.15, -0.1) is 0 Å². The lowest BCUT2D eigenvalue weighted by molar-refractivity contribution is -0.145. The molecule has 1 spiro atoms. The van der Waals surface area contributed by atoms with Gasteiger partial charge in [-0.1, -0.05) is 49.2 Å². The van der Waals surface area contributed by atoms with Gasteiger partial charge in [0.1, 0.15) is 34.1 Å². The number of likely N-dealkylation sites (N-methyl/N-ethyl adjacent to an activating group) is 1. The van der Waals surface area contributed by atoms with Gasteiger partial charge < -0.3 is 14.7 Å². The fraction of sp³-hybridized carbons (Fsp3) is 0.529. The minimum atomic E-state index is -0.928. The Labute approximate surface area is 288 Å². The molecule has 47 heavy (non-hydrogen) atoms. The van der Waals surface area contributed by atoms with Crippen molar-refractivity contribution in [1.82, 2.24) is 24.6 Å². The number of aliphatic imine (C=N–C) groups is 1. The number of halogens is 4. The maximum atomic E-state index is 15.0. The molecule has 1 aromatic heterocycles. The van der Waals surface area contributed by atoms with Crippen LogP contribution in [0.25, 0.3) is 0 Å². The van der Waals surface area contributed by atoms with Crippen LogP contribution >= 0.6 is 35.0 Å². The Kier molecular flexibility index (Phi) is 8.37. The van der Waals surface area contributed by atoms with Crippen LogP contribution in [-0.4, -0.2) is 92.5 Å². The van der Waals surface area contributed by atoms with Crippen LogP contribution in [0.4, 0.5) is 8.78 Å². The van der Waals surface area contributed by atoms with Gasteiger partial charge in [0.2, 0.25) is 5.91 Å². The quantitative estimate of drug-likeness (QED) is 0.325. The number of pyridine rings is 1. The fourth-order valence-electron chi connectivity index (χ4n) is 7.84. The number of thioether (sulfide) groups is 1. The first kappa shape index (κ1) is 32.8. The molecule has 3 fully saturated rings. The van der Waals surface area contributed by atoms with E-state index in [4.69, 9.17) is 28.2 Å². The molecule has 5 aliphatic rings. The van der Waals surface area contributed by atoms with E-state index in [1.165, 1.54) is 28.8 Å². The number of piperazine rings is 1. The predicted octanol–water partition coefficient (Wildman–Crippen LogP) is 6.41. The molecule has 4 aliphatic heterocycles. The molecule has 2 amide bonds. The summed E-state index contributed by atoms with van der Waals surface area (Å²) in [6, 6.07) is 6.27. The molecule has 8 nitrogen and oxygen atoms in total. The zero-order valence-electron chi connectivity index (χ0n) is 26.9. The van der Waals surface area contributed by atoms with Crippen molar-refractivity contribution < 1.29 is 18.4 Å². The Balaban J connectivity index is 1.27. The lowest BCUT2D eigenvalue weighted by Gasteiger charge is -2.42. The van der Waals surface area contributed by atoms with Gasteiger partial charge in [0, 0.05) is 42.6 Å². The van der Waals surface area contributed by atoms with Crippen LogP contribution in [0.1, 0.15) is 63.6 Å². The monoisotopic (exact) mass is 702 g/mol. The first-order valence-electron chi connectivity index (χ1n) is 16.2. The Morgan fingerprint density at radius 1 is 1.13 bits per heavy atom. The van der Waals surface area contributed by atoms with Gasteiger partial charge in [0.25, 0.3) is 5.91 Å². The van der Waals surface area contributed by atoms with Crippen LogP contribution in [0.3, 0.4) is 0 Å². The molecule has 1 aromatic carbocycles. The summed E-state index contributed by atoms with van der Waals surface area (Å²) in [6.45, 7) is 7.21. The Morgan fingerprint density at radius 3 is 2.53 bits per heavy atom. The number of fused-ring (bicyclic) bond motifs is 1. The van der Waals surface area contributed by atoms with Crippen LogP contribution in [0.2, 0.25) is 10.2 Å². The highest BCUT2D eigenvalue weighted by atomic mass is 35.5. The fourth-order valence-corrected chi connectivity index (χ4v) is 9.42. The standard InChI is InChI=1S/C34H38Cl2F2N6O2S/c1-19(2)27-28(31(46)43-22(16-37)7-9-25(43)30(45)42-14-13-41(4)34(18-42)11-12-34)47-32-40-33(3,21-6-10-26(36)39-17-21)29(44(27)32)20-5-8-23(35)24(38)15-20/h5-6,8,10,15,17,19,22,25,29H,7,9,11-14,16,18H2,1-4H3/t22-,25-,29+,33-/m0/s1. The molecule has 0 unspecified atom stereocenters. The van der Waals surface area contributed by atoms with E-state index in [-0.39, 0.29) is 28.3 Å². The van der Waals surface area contributed by atoms with Gasteiger partial charge in [0.05, 0.1) is 17.1 Å². The molecule has 5 heterocycles. The lowest BCUT2D eigenvalue weighted by atomic mass is 9.81. The molecule has 4 atom stereocenters. The number of amides is 2. The number of benzene rings is 1. The average molecular weight is 704 g/mol. The number of aromatic nitrogens is 1. The highest BCUT2D eigenvalue weighted by Crippen LogP contribution is 2.56. The van der Waals surface area contributed by atoms with Crippen molar-refractivity contribution in [3.05, 3.63) is 74.3 Å². The molecular formula is C34H38Cl2F2N6O2S. The number of carbonyl (C=O) groups excluding carboxylic acids is 2. The van der Waals surface area contributed by atoms with Crippen molar-refractivity contribution in [2.75, 3.05) is 33.4 Å². The Bertz CT molecular complexity index is 1680. The Hall–Kier alpha value is -2.73. The van der Waals surface area contributed by atoms with Crippen molar-refractivity contribution >= 4 is 51.9 Å². The maximum absolute atomic E-state index is 15.0. The van der Waals surface area contributed by atoms with Gasteiger partial charge in [-0.25, -0.2) is 18.8 Å². The zero-order chi connectivity index (χ0) is 33.4. The van der Waals surface area contributed by atoms with Crippen molar-refractivity contribution in [2.24, 2.45) is 10.9 Å². The molecule has 2 saturated heterocycles. The van der Waals surface area contributed by atoms with Crippen molar-refractivity contribution in [1.29, 1.82) is 0 Å². The van der Waals surface area contributed by atoms with Crippen LogP contribution in [0, 0.1) is 11.7 Å². The van der Waals surface area contributed by atoms with Gasteiger partial charge >= 0.3 is 0 Å². The normalized spacial score (nSPS) is 28.5. The van der Waals surface area contributed by atoms with Crippen LogP contribution in [-0.2, 0) is 15.1 Å². The number of allylic oxidation sites excluding steroid dienone is 1. The number of hydrogen-bond acceptors (Lipinski definition) is 7. The van der Waals surface area contributed by atoms with Crippen molar-refractivity contribution in [3.63, 3.8) is 0 Å². The maximum Gasteiger partial charge on any atom is 0.263 e. The molecule has 250 valence electrons. The average Bonchev–Trinajstić information content (AvgIpc) is 3.39.